The maximum Gasteiger partial charge on any atom is 0.277 e. The molecule has 0 bridgehead atoms. The Bertz CT molecular complexity index is 1370. The lowest BCUT2D eigenvalue weighted by Gasteiger charge is -2.24. The Labute approximate surface area is 186 Å². The molecule has 0 aliphatic rings. The predicted octanol–water partition coefficient (Wildman–Crippen LogP) is 2.86. The summed E-state index contributed by atoms with van der Waals surface area (Å²) in [5, 5.41) is 10.9. The third kappa shape index (κ3) is 3.99. The van der Waals surface area contributed by atoms with Crippen molar-refractivity contribution in [3.8, 4) is 5.69 Å². The molecule has 32 heavy (non-hydrogen) atoms. The number of tetrazole rings is 1. The van der Waals surface area contributed by atoms with Crippen LogP contribution in [0, 0.1) is 13.8 Å². The molecule has 0 N–H and O–H groups in total. The number of benzene rings is 3. The lowest BCUT2D eigenvalue weighted by molar-refractivity contribution is 0.584. The lowest BCUT2D eigenvalue weighted by atomic mass is 10.2. The molecule has 0 radical (unpaired) electrons. The van der Waals surface area contributed by atoms with Gasteiger partial charge in [-0.15, -0.1) is 5.10 Å². The highest BCUT2D eigenvalue weighted by Gasteiger charge is 2.37. The van der Waals surface area contributed by atoms with E-state index in [2.05, 4.69) is 15.5 Å². The minimum absolute atomic E-state index is 0.0702. The summed E-state index contributed by atoms with van der Waals surface area (Å²) in [6.45, 7) is 3.62. The van der Waals surface area contributed by atoms with Crippen molar-refractivity contribution in [3.05, 3.63) is 90.3 Å². The summed E-state index contributed by atoms with van der Waals surface area (Å²) in [5.41, 5.74) is 2.02. The van der Waals surface area contributed by atoms with Crippen LogP contribution < -0.4 is 3.71 Å². The van der Waals surface area contributed by atoms with E-state index in [9.17, 15) is 16.8 Å². The van der Waals surface area contributed by atoms with Gasteiger partial charge in [-0.2, -0.15) is 3.71 Å². The van der Waals surface area contributed by atoms with E-state index in [0.29, 0.717) is 9.40 Å². The average Bonchev–Trinajstić information content (AvgIpc) is 3.29. The highest BCUT2D eigenvalue weighted by Crippen LogP contribution is 2.32. The Balaban J connectivity index is 1.94. The molecule has 1 aromatic heterocycles. The quantitative estimate of drug-likeness (QED) is 0.426. The Hall–Kier alpha value is -3.57. The number of aromatic nitrogens is 4. The van der Waals surface area contributed by atoms with Crippen LogP contribution in [0.2, 0.25) is 0 Å². The van der Waals surface area contributed by atoms with Crippen molar-refractivity contribution in [2.45, 2.75) is 23.6 Å². The molecule has 1 heterocycles. The Morgan fingerprint density at radius 1 is 0.750 bits per heavy atom. The number of hydrogen-bond donors (Lipinski definition) is 0. The van der Waals surface area contributed by atoms with Crippen molar-refractivity contribution in [3.63, 3.8) is 0 Å². The number of anilines is 1. The maximum atomic E-state index is 13.6. The van der Waals surface area contributed by atoms with E-state index in [1.165, 1.54) is 53.5 Å². The second-order valence-corrected chi connectivity index (χ2v) is 10.9. The number of rotatable bonds is 6. The first-order chi connectivity index (χ1) is 15.2. The SMILES string of the molecule is Cc1ccc(S(=O)(=O)N(c2cccc(-n3cnnn3)c2)S(=O)(=O)c2ccc(C)cc2)cc1. The van der Waals surface area contributed by atoms with Crippen molar-refractivity contribution in [1.82, 2.24) is 20.2 Å². The van der Waals surface area contributed by atoms with Gasteiger partial charge in [0.2, 0.25) is 0 Å². The van der Waals surface area contributed by atoms with Gasteiger partial charge in [0, 0.05) is 0 Å². The molecular formula is C21H19N5O4S2. The number of hydrogen-bond acceptors (Lipinski definition) is 7. The minimum atomic E-state index is -4.49. The molecule has 0 saturated heterocycles. The monoisotopic (exact) mass is 469 g/mol. The molecule has 0 spiro atoms. The van der Waals surface area contributed by atoms with Gasteiger partial charge in [-0.05, 0) is 66.7 Å². The number of nitrogens with zero attached hydrogens (tertiary/aromatic N) is 5. The van der Waals surface area contributed by atoms with E-state index >= 15 is 0 Å². The van der Waals surface area contributed by atoms with Crippen molar-refractivity contribution >= 4 is 25.7 Å². The molecule has 0 unspecified atom stereocenters. The summed E-state index contributed by atoms with van der Waals surface area (Å²) in [7, 11) is -8.98. The number of sulfonamides is 2. The second-order valence-electron chi connectivity index (χ2n) is 7.11. The summed E-state index contributed by atoms with van der Waals surface area (Å²) in [4.78, 5) is -0.293. The number of aryl methyl sites for hydroxylation is 2. The molecule has 164 valence electrons. The zero-order valence-corrected chi connectivity index (χ0v) is 18.8. The Morgan fingerprint density at radius 2 is 1.28 bits per heavy atom. The summed E-state index contributed by atoms with van der Waals surface area (Å²) in [6.07, 6.45) is 1.33. The molecule has 9 nitrogen and oxygen atoms in total. The van der Waals surface area contributed by atoms with Gasteiger partial charge in [0.25, 0.3) is 20.0 Å². The van der Waals surface area contributed by atoms with Crippen molar-refractivity contribution in [2.24, 2.45) is 0 Å². The highest BCUT2D eigenvalue weighted by molar-refractivity contribution is 8.10. The van der Waals surface area contributed by atoms with E-state index in [1.807, 2.05) is 13.8 Å². The van der Waals surface area contributed by atoms with Gasteiger partial charge >= 0.3 is 0 Å². The molecule has 0 amide bonds. The molecule has 0 fully saturated rings. The van der Waals surface area contributed by atoms with E-state index < -0.39 is 20.0 Å². The molecule has 0 aliphatic heterocycles. The first kappa shape index (κ1) is 21.7. The smallest absolute Gasteiger partial charge is 0.200 e. The van der Waals surface area contributed by atoms with Crippen LogP contribution in [0.4, 0.5) is 5.69 Å². The van der Waals surface area contributed by atoms with Crippen LogP contribution in [-0.4, -0.2) is 37.0 Å². The molecule has 11 heteroatoms. The zero-order chi connectivity index (χ0) is 22.9. The van der Waals surface area contributed by atoms with Crippen LogP contribution in [0.1, 0.15) is 11.1 Å². The van der Waals surface area contributed by atoms with Crippen LogP contribution in [0.15, 0.2) is 88.9 Å². The normalized spacial score (nSPS) is 11.9. The van der Waals surface area contributed by atoms with Crippen molar-refractivity contribution < 1.29 is 16.8 Å². The average molecular weight is 470 g/mol. The summed E-state index contributed by atoms with van der Waals surface area (Å²) >= 11 is 0. The first-order valence-electron chi connectivity index (χ1n) is 9.47. The van der Waals surface area contributed by atoms with Gasteiger partial charge in [-0.3, -0.25) is 0 Å². The fraction of sp³-hybridized carbons (Fsp3) is 0.0952. The third-order valence-corrected chi connectivity index (χ3v) is 8.94. The highest BCUT2D eigenvalue weighted by atomic mass is 32.3. The first-order valence-corrected chi connectivity index (χ1v) is 12.3. The van der Waals surface area contributed by atoms with Crippen molar-refractivity contribution in [2.75, 3.05) is 3.71 Å². The third-order valence-electron chi connectivity index (χ3n) is 4.73. The molecular weight excluding hydrogens is 450 g/mol. The van der Waals surface area contributed by atoms with Crippen LogP contribution in [0.3, 0.4) is 0 Å². The molecule has 0 aliphatic carbocycles. The largest absolute Gasteiger partial charge is 0.277 e. The van der Waals surface area contributed by atoms with Crippen LogP contribution >= 0.6 is 0 Å². The van der Waals surface area contributed by atoms with Crippen LogP contribution in [0.5, 0.6) is 0 Å². The zero-order valence-electron chi connectivity index (χ0n) is 17.2. The minimum Gasteiger partial charge on any atom is -0.200 e. The standard InChI is InChI=1S/C21H19N5O4S2/c1-16-6-10-20(11-7-16)31(27,28)26(32(29,30)21-12-8-17(2)9-13-21)19-5-3-4-18(14-19)25-15-22-23-24-25/h3-15H,1-2H3. The van der Waals surface area contributed by atoms with Gasteiger partial charge < -0.3 is 0 Å². The van der Waals surface area contributed by atoms with Crippen LogP contribution in [-0.2, 0) is 20.0 Å². The van der Waals surface area contributed by atoms with Gasteiger partial charge in [0.05, 0.1) is 21.2 Å². The van der Waals surface area contributed by atoms with E-state index in [-0.39, 0.29) is 15.5 Å². The molecule has 4 aromatic rings. The summed E-state index contributed by atoms with van der Waals surface area (Å²) in [6, 6.07) is 18.0. The van der Waals surface area contributed by atoms with E-state index in [0.717, 1.165) is 11.1 Å². The van der Waals surface area contributed by atoms with Gasteiger partial charge in [0.1, 0.15) is 6.33 Å². The van der Waals surface area contributed by atoms with E-state index in [1.54, 1.807) is 30.3 Å². The molecule has 3 aromatic carbocycles. The fourth-order valence-corrected chi connectivity index (χ4v) is 6.72. The molecule has 0 atom stereocenters. The summed E-state index contributed by atoms with van der Waals surface area (Å²) in [5.74, 6) is 0. The predicted molar refractivity (Wildman–Crippen MR) is 118 cm³/mol. The van der Waals surface area contributed by atoms with Gasteiger partial charge in [0.15, 0.2) is 0 Å². The summed E-state index contributed by atoms with van der Waals surface area (Å²) < 4.78 is 56.3. The molecule has 4 rings (SSSR count). The second kappa shape index (κ2) is 8.17. The van der Waals surface area contributed by atoms with Gasteiger partial charge in [-0.25, -0.2) is 21.5 Å². The Kier molecular flexibility index (Phi) is 5.53. The lowest BCUT2D eigenvalue weighted by Crippen LogP contribution is -2.37. The Morgan fingerprint density at radius 3 is 1.75 bits per heavy atom. The maximum absolute atomic E-state index is 13.6. The van der Waals surface area contributed by atoms with Gasteiger partial charge in [-0.1, -0.05) is 41.5 Å². The topological polar surface area (TPSA) is 115 Å². The molecule has 0 saturated carbocycles. The van der Waals surface area contributed by atoms with Crippen molar-refractivity contribution in [1.29, 1.82) is 0 Å². The van der Waals surface area contributed by atoms with Crippen LogP contribution in [0.25, 0.3) is 5.69 Å². The fourth-order valence-electron chi connectivity index (χ4n) is 3.05. The van der Waals surface area contributed by atoms with E-state index in [4.69, 9.17) is 0 Å².